The maximum atomic E-state index is 10.6. The van der Waals surface area contributed by atoms with Gasteiger partial charge in [-0.2, -0.15) is 5.10 Å². The maximum absolute atomic E-state index is 10.6. The highest BCUT2D eigenvalue weighted by Crippen LogP contribution is 2.42. The van der Waals surface area contributed by atoms with Crippen molar-refractivity contribution >= 4 is 15.9 Å². The van der Waals surface area contributed by atoms with Crippen molar-refractivity contribution in [2.24, 2.45) is 5.92 Å². The fourth-order valence-corrected chi connectivity index (χ4v) is 2.92. The maximum Gasteiger partial charge on any atom is 0.105 e. The molecule has 1 saturated carbocycles. The predicted molar refractivity (Wildman–Crippen MR) is 67.2 cm³/mol. The van der Waals surface area contributed by atoms with Crippen LogP contribution in [0.15, 0.2) is 10.7 Å². The van der Waals surface area contributed by atoms with Crippen molar-refractivity contribution in [2.75, 3.05) is 0 Å². The smallest absolute Gasteiger partial charge is 0.105 e. The second kappa shape index (κ2) is 4.15. The Hall–Kier alpha value is -0.350. The van der Waals surface area contributed by atoms with Crippen molar-refractivity contribution in [1.29, 1.82) is 0 Å². The van der Waals surface area contributed by atoms with Crippen molar-refractivity contribution in [3.63, 3.8) is 0 Å². The van der Waals surface area contributed by atoms with Gasteiger partial charge >= 0.3 is 0 Å². The van der Waals surface area contributed by atoms with Gasteiger partial charge in [0.1, 0.15) is 5.60 Å². The molecule has 0 saturated heterocycles. The fourth-order valence-electron chi connectivity index (χ4n) is 2.22. The molecule has 4 heteroatoms. The third-order valence-electron chi connectivity index (χ3n) is 3.13. The summed E-state index contributed by atoms with van der Waals surface area (Å²) in [5, 5.41) is 14.9. The van der Waals surface area contributed by atoms with Crippen LogP contribution in [0.2, 0.25) is 0 Å². The van der Waals surface area contributed by atoms with Crippen molar-refractivity contribution in [1.82, 2.24) is 9.78 Å². The van der Waals surface area contributed by atoms with Gasteiger partial charge in [0.25, 0.3) is 0 Å². The van der Waals surface area contributed by atoms with E-state index in [4.69, 9.17) is 0 Å². The highest BCUT2D eigenvalue weighted by atomic mass is 79.9. The van der Waals surface area contributed by atoms with E-state index in [-0.39, 0.29) is 6.04 Å². The van der Waals surface area contributed by atoms with E-state index in [1.807, 2.05) is 11.6 Å². The first kappa shape index (κ1) is 12.1. The second-order valence-electron chi connectivity index (χ2n) is 5.30. The Bertz CT molecular complexity index is 380. The zero-order valence-corrected chi connectivity index (χ0v) is 11.7. The molecule has 1 aliphatic rings. The first-order valence-corrected chi connectivity index (χ1v) is 6.67. The lowest BCUT2D eigenvalue weighted by Crippen LogP contribution is -2.27. The molecule has 0 aliphatic heterocycles. The number of hydrogen-bond acceptors (Lipinski definition) is 2. The van der Waals surface area contributed by atoms with E-state index in [0.717, 1.165) is 16.6 Å². The van der Waals surface area contributed by atoms with Gasteiger partial charge in [-0.1, -0.05) is 12.8 Å². The summed E-state index contributed by atoms with van der Waals surface area (Å²) in [6, 6.07) is 0.270. The Morgan fingerprint density at radius 1 is 1.62 bits per heavy atom. The van der Waals surface area contributed by atoms with Gasteiger partial charge in [0.2, 0.25) is 0 Å². The first-order chi connectivity index (χ1) is 7.42. The van der Waals surface area contributed by atoms with E-state index >= 15 is 0 Å². The molecule has 0 bridgehead atoms. The molecule has 0 radical (unpaired) electrons. The number of rotatable bonds is 4. The molecular formula is C12H19BrN2O. The quantitative estimate of drug-likeness (QED) is 0.923. The van der Waals surface area contributed by atoms with Crippen LogP contribution in [-0.2, 0) is 5.60 Å². The van der Waals surface area contributed by atoms with Crippen LogP contribution in [0.4, 0.5) is 0 Å². The van der Waals surface area contributed by atoms with E-state index in [1.54, 1.807) is 6.20 Å². The minimum Gasteiger partial charge on any atom is -0.384 e. The molecule has 1 aromatic rings. The Morgan fingerprint density at radius 3 is 2.75 bits per heavy atom. The van der Waals surface area contributed by atoms with Crippen molar-refractivity contribution in [3.05, 3.63) is 16.4 Å². The van der Waals surface area contributed by atoms with E-state index in [1.165, 1.54) is 12.8 Å². The molecule has 1 unspecified atom stereocenters. The van der Waals surface area contributed by atoms with E-state index in [2.05, 4.69) is 34.9 Å². The second-order valence-corrected chi connectivity index (χ2v) is 6.16. The summed E-state index contributed by atoms with van der Waals surface area (Å²) in [7, 11) is 0. The first-order valence-electron chi connectivity index (χ1n) is 5.87. The molecule has 1 N–H and O–H groups in total. The predicted octanol–water partition coefficient (Wildman–Crippen LogP) is 3.23. The molecule has 1 aromatic heterocycles. The normalized spacial score (nSPS) is 20.1. The molecule has 16 heavy (non-hydrogen) atoms. The summed E-state index contributed by atoms with van der Waals surface area (Å²) in [4.78, 5) is 0. The average Bonchev–Trinajstić information content (AvgIpc) is 2.84. The van der Waals surface area contributed by atoms with Crippen LogP contribution in [0.1, 0.15) is 51.8 Å². The lowest BCUT2D eigenvalue weighted by Gasteiger charge is -2.26. The molecule has 2 rings (SSSR count). The van der Waals surface area contributed by atoms with Gasteiger partial charge in [0.05, 0.1) is 16.4 Å². The number of hydrogen-bond donors (Lipinski definition) is 1. The number of aromatic nitrogens is 2. The summed E-state index contributed by atoms with van der Waals surface area (Å²) < 4.78 is 2.82. The Balaban J connectivity index is 2.32. The van der Waals surface area contributed by atoms with Crippen LogP contribution in [0.3, 0.4) is 0 Å². The summed E-state index contributed by atoms with van der Waals surface area (Å²) in [5.74, 6) is 0.692. The zero-order valence-electron chi connectivity index (χ0n) is 10.1. The topological polar surface area (TPSA) is 38.0 Å². The molecule has 1 fully saturated rings. The number of aliphatic hydroxyl groups is 1. The van der Waals surface area contributed by atoms with E-state index in [9.17, 15) is 5.11 Å². The number of halogens is 1. The molecule has 1 atom stereocenters. The Kier molecular flexibility index (Phi) is 3.14. The lowest BCUT2D eigenvalue weighted by atomic mass is 9.95. The molecule has 3 nitrogen and oxygen atoms in total. The molecule has 90 valence electrons. The third kappa shape index (κ3) is 2.33. The summed E-state index contributed by atoms with van der Waals surface area (Å²) in [6.45, 7) is 6.05. The molecule has 1 aliphatic carbocycles. The standard InChI is InChI=1S/C12H19BrN2O/c1-8(2)15-11(10(13)7-14-15)12(3,16)6-9-4-5-9/h7-9,16H,4-6H2,1-3H3. The zero-order chi connectivity index (χ0) is 11.9. The van der Waals surface area contributed by atoms with Crippen molar-refractivity contribution in [2.45, 2.75) is 51.7 Å². The molecule has 1 heterocycles. The van der Waals surface area contributed by atoms with Gasteiger partial charge in [-0.15, -0.1) is 0 Å². The van der Waals surface area contributed by atoms with Crippen LogP contribution >= 0.6 is 15.9 Å². The monoisotopic (exact) mass is 286 g/mol. The average molecular weight is 287 g/mol. The van der Waals surface area contributed by atoms with Crippen LogP contribution < -0.4 is 0 Å². The van der Waals surface area contributed by atoms with Crippen LogP contribution in [0.25, 0.3) is 0 Å². The molecule has 0 spiro atoms. The largest absolute Gasteiger partial charge is 0.384 e. The van der Waals surface area contributed by atoms with Gasteiger partial charge in [-0.05, 0) is 49.0 Å². The van der Waals surface area contributed by atoms with Crippen LogP contribution in [-0.4, -0.2) is 14.9 Å². The molecule has 0 aromatic carbocycles. The number of nitrogens with zero attached hydrogens (tertiary/aromatic N) is 2. The molecule has 0 amide bonds. The Labute approximate surface area is 105 Å². The van der Waals surface area contributed by atoms with Crippen LogP contribution in [0, 0.1) is 5.92 Å². The minimum atomic E-state index is -0.777. The van der Waals surface area contributed by atoms with Gasteiger partial charge in [-0.25, -0.2) is 0 Å². The SMILES string of the molecule is CC(C)n1ncc(Br)c1C(C)(O)CC1CC1. The third-order valence-corrected chi connectivity index (χ3v) is 3.71. The highest BCUT2D eigenvalue weighted by molar-refractivity contribution is 9.10. The highest BCUT2D eigenvalue weighted by Gasteiger charge is 2.37. The van der Waals surface area contributed by atoms with Gasteiger partial charge < -0.3 is 5.11 Å². The summed E-state index contributed by atoms with van der Waals surface area (Å²) >= 11 is 3.49. The van der Waals surface area contributed by atoms with Gasteiger partial charge in [0.15, 0.2) is 0 Å². The molecular weight excluding hydrogens is 268 g/mol. The Morgan fingerprint density at radius 2 is 2.25 bits per heavy atom. The van der Waals surface area contributed by atoms with Gasteiger partial charge in [0, 0.05) is 6.04 Å². The fraction of sp³-hybridized carbons (Fsp3) is 0.750. The van der Waals surface area contributed by atoms with Crippen molar-refractivity contribution < 1.29 is 5.11 Å². The summed E-state index contributed by atoms with van der Waals surface area (Å²) in [5.41, 5.74) is 0.134. The van der Waals surface area contributed by atoms with Gasteiger partial charge in [-0.3, -0.25) is 4.68 Å². The van der Waals surface area contributed by atoms with Crippen LogP contribution in [0.5, 0.6) is 0 Å². The van der Waals surface area contributed by atoms with E-state index < -0.39 is 5.60 Å². The summed E-state index contributed by atoms with van der Waals surface area (Å²) in [6.07, 6.45) is 5.12. The minimum absolute atomic E-state index is 0.270. The van der Waals surface area contributed by atoms with E-state index in [0.29, 0.717) is 5.92 Å². The lowest BCUT2D eigenvalue weighted by molar-refractivity contribution is 0.0306. The van der Waals surface area contributed by atoms with Crippen molar-refractivity contribution in [3.8, 4) is 0 Å².